The summed E-state index contributed by atoms with van der Waals surface area (Å²) in [6.45, 7) is 0.203. The van der Waals surface area contributed by atoms with Gasteiger partial charge in [-0.1, -0.05) is 23.7 Å². The highest BCUT2D eigenvalue weighted by molar-refractivity contribution is 6.29. The van der Waals surface area contributed by atoms with Crippen molar-refractivity contribution in [3.63, 3.8) is 0 Å². The monoisotopic (exact) mass is 363 g/mol. The zero-order valence-electron chi connectivity index (χ0n) is 13.7. The average molecular weight is 364 g/mol. The fraction of sp³-hybridized carbons (Fsp3) is 0.0500. The van der Waals surface area contributed by atoms with Gasteiger partial charge in [0.05, 0.1) is 16.8 Å². The standard InChI is InChI=1S/C20H14ClN3O2/c21-19-9-5-15-12-16(4-8-18(15)23-19)20(25)26-13-14-2-6-17(7-3-14)24-11-1-10-22-24/h1-12H,13H2. The van der Waals surface area contributed by atoms with E-state index in [-0.39, 0.29) is 12.6 Å². The lowest BCUT2D eigenvalue weighted by molar-refractivity contribution is 0.0473. The normalized spacial score (nSPS) is 10.8. The van der Waals surface area contributed by atoms with Crippen LogP contribution in [0.15, 0.2) is 73.1 Å². The number of carbonyl (C=O) groups excluding carboxylic acids is 1. The van der Waals surface area contributed by atoms with Crippen LogP contribution in [0.2, 0.25) is 5.15 Å². The molecule has 4 rings (SSSR count). The van der Waals surface area contributed by atoms with E-state index in [1.54, 1.807) is 35.1 Å². The minimum Gasteiger partial charge on any atom is -0.457 e. The Morgan fingerprint density at radius 3 is 2.69 bits per heavy atom. The van der Waals surface area contributed by atoms with Crippen molar-refractivity contribution >= 4 is 28.5 Å². The number of benzene rings is 2. The Kier molecular flexibility index (Phi) is 4.37. The average Bonchev–Trinajstić information content (AvgIpc) is 3.21. The first-order chi connectivity index (χ1) is 12.7. The first-order valence-electron chi connectivity index (χ1n) is 8.01. The van der Waals surface area contributed by atoms with Crippen LogP contribution in [0, 0.1) is 0 Å². The molecule has 0 atom stereocenters. The van der Waals surface area contributed by atoms with Crippen LogP contribution in [0.25, 0.3) is 16.6 Å². The number of nitrogens with zero attached hydrogens (tertiary/aromatic N) is 3. The predicted octanol–water partition coefficient (Wildman–Crippen LogP) is 4.43. The summed E-state index contributed by atoms with van der Waals surface area (Å²) in [6, 6.07) is 18.3. The number of esters is 1. The van der Waals surface area contributed by atoms with Gasteiger partial charge in [0.2, 0.25) is 0 Å². The lowest BCUT2D eigenvalue weighted by Gasteiger charge is -2.07. The largest absolute Gasteiger partial charge is 0.457 e. The molecule has 0 saturated heterocycles. The Hall–Kier alpha value is -3.18. The molecule has 26 heavy (non-hydrogen) atoms. The molecule has 6 heteroatoms. The van der Waals surface area contributed by atoms with Crippen molar-refractivity contribution in [2.75, 3.05) is 0 Å². The predicted molar refractivity (Wildman–Crippen MR) is 99.4 cm³/mol. The third-order valence-corrected chi connectivity index (χ3v) is 4.18. The molecule has 0 fully saturated rings. The molecule has 4 aromatic rings. The first kappa shape index (κ1) is 16.3. The van der Waals surface area contributed by atoms with Crippen molar-refractivity contribution in [3.05, 3.63) is 89.3 Å². The molecule has 0 spiro atoms. The third kappa shape index (κ3) is 3.43. The summed E-state index contributed by atoms with van der Waals surface area (Å²) in [4.78, 5) is 16.5. The van der Waals surface area contributed by atoms with Crippen molar-refractivity contribution in [2.24, 2.45) is 0 Å². The fourth-order valence-corrected chi connectivity index (χ4v) is 2.78. The van der Waals surface area contributed by atoms with Crippen LogP contribution < -0.4 is 0 Å². The lowest BCUT2D eigenvalue weighted by Crippen LogP contribution is -2.05. The number of hydrogen-bond acceptors (Lipinski definition) is 4. The summed E-state index contributed by atoms with van der Waals surface area (Å²) in [6.07, 6.45) is 3.60. The van der Waals surface area contributed by atoms with Gasteiger partial charge in [0.25, 0.3) is 0 Å². The smallest absolute Gasteiger partial charge is 0.338 e. The Balaban J connectivity index is 1.44. The second kappa shape index (κ2) is 6.98. The van der Waals surface area contributed by atoms with Gasteiger partial charge in [-0.25, -0.2) is 14.5 Å². The highest BCUT2D eigenvalue weighted by Crippen LogP contribution is 2.18. The number of pyridine rings is 1. The minimum absolute atomic E-state index is 0.203. The van der Waals surface area contributed by atoms with E-state index in [1.165, 1.54) is 0 Å². The van der Waals surface area contributed by atoms with Gasteiger partial charge in [0, 0.05) is 17.8 Å². The van der Waals surface area contributed by atoms with E-state index in [1.807, 2.05) is 42.6 Å². The van der Waals surface area contributed by atoms with E-state index in [0.717, 1.165) is 22.2 Å². The van der Waals surface area contributed by atoms with Gasteiger partial charge in [0.15, 0.2) is 0 Å². The van der Waals surface area contributed by atoms with E-state index in [9.17, 15) is 4.79 Å². The van der Waals surface area contributed by atoms with Gasteiger partial charge in [-0.05, 0) is 54.1 Å². The SMILES string of the molecule is O=C(OCc1ccc(-n2cccn2)cc1)c1ccc2nc(Cl)ccc2c1. The van der Waals surface area contributed by atoms with E-state index < -0.39 is 0 Å². The number of carbonyl (C=O) groups is 1. The van der Waals surface area contributed by atoms with Crippen LogP contribution in [-0.4, -0.2) is 20.7 Å². The molecule has 0 radical (unpaired) electrons. The second-order valence-corrected chi connectivity index (χ2v) is 6.12. The summed E-state index contributed by atoms with van der Waals surface area (Å²) in [5.74, 6) is -0.377. The van der Waals surface area contributed by atoms with Crippen LogP contribution in [0.5, 0.6) is 0 Å². The second-order valence-electron chi connectivity index (χ2n) is 5.73. The lowest BCUT2D eigenvalue weighted by atomic mass is 10.1. The molecule has 0 aliphatic heterocycles. The molecule has 2 heterocycles. The number of fused-ring (bicyclic) bond motifs is 1. The van der Waals surface area contributed by atoms with Gasteiger partial charge < -0.3 is 4.74 Å². The molecule has 0 aliphatic carbocycles. The Labute approximate surface area is 154 Å². The van der Waals surface area contributed by atoms with Gasteiger partial charge >= 0.3 is 5.97 Å². The summed E-state index contributed by atoms with van der Waals surface area (Å²) in [5.41, 5.74) is 3.08. The zero-order valence-corrected chi connectivity index (χ0v) is 14.4. The molecule has 2 aromatic heterocycles. The van der Waals surface area contributed by atoms with Gasteiger partial charge in [0.1, 0.15) is 11.8 Å². The van der Waals surface area contributed by atoms with Crippen molar-refractivity contribution < 1.29 is 9.53 Å². The van der Waals surface area contributed by atoms with Gasteiger partial charge in [-0.2, -0.15) is 5.10 Å². The highest BCUT2D eigenvalue weighted by Gasteiger charge is 2.09. The minimum atomic E-state index is -0.377. The molecule has 0 amide bonds. The maximum atomic E-state index is 12.3. The summed E-state index contributed by atoms with van der Waals surface area (Å²) < 4.78 is 7.18. The molecule has 0 bridgehead atoms. The molecule has 128 valence electrons. The van der Waals surface area contributed by atoms with Crippen molar-refractivity contribution in [2.45, 2.75) is 6.61 Å². The van der Waals surface area contributed by atoms with Crippen LogP contribution in [0.1, 0.15) is 15.9 Å². The molecule has 0 aliphatic rings. The molecular formula is C20H14ClN3O2. The molecule has 0 N–H and O–H groups in total. The van der Waals surface area contributed by atoms with Crippen molar-refractivity contribution in [1.29, 1.82) is 0 Å². The number of ether oxygens (including phenoxy) is 1. The number of aromatic nitrogens is 3. The highest BCUT2D eigenvalue weighted by atomic mass is 35.5. The van der Waals surface area contributed by atoms with E-state index in [2.05, 4.69) is 10.1 Å². The molecule has 0 unspecified atom stereocenters. The number of hydrogen-bond donors (Lipinski definition) is 0. The summed E-state index contributed by atoms with van der Waals surface area (Å²) in [7, 11) is 0. The van der Waals surface area contributed by atoms with E-state index in [4.69, 9.17) is 16.3 Å². The number of rotatable bonds is 4. The molecule has 2 aromatic carbocycles. The quantitative estimate of drug-likeness (QED) is 0.397. The van der Waals surface area contributed by atoms with Crippen molar-refractivity contribution in [3.8, 4) is 5.69 Å². The van der Waals surface area contributed by atoms with Gasteiger partial charge in [-0.3, -0.25) is 0 Å². The Morgan fingerprint density at radius 1 is 1.08 bits per heavy atom. The molecule has 0 saturated carbocycles. The zero-order chi connectivity index (χ0) is 17.9. The fourth-order valence-electron chi connectivity index (χ4n) is 2.63. The van der Waals surface area contributed by atoms with Crippen LogP contribution >= 0.6 is 11.6 Å². The molecule has 5 nitrogen and oxygen atoms in total. The van der Waals surface area contributed by atoms with Crippen LogP contribution in [-0.2, 0) is 11.3 Å². The summed E-state index contributed by atoms with van der Waals surface area (Å²) in [5, 5.41) is 5.44. The molecular weight excluding hydrogens is 350 g/mol. The van der Waals surface area contributed by atoms with E-state index >= 15 is 0 Å². The van der Waals surface area contributed by atoms with Crippen LogP contribution in [0.3, 0.4) is 0 Å². The van der Waals surface area contributed by atoms with Crippen molar-refractivity contribution in [1.82, 2.24) is 14.8 Å². The Morgan fingerprint density at radius 2 is 1.92 bits per heavy atom. The maximum absolute atomic E-state index is 12.3. The van der Waals surface area contributed by atoms with Crippen LogP contribution in [0.4, 0.5) is 0 Å². The Bertz CT molecular complexity index is 1060. The van der Waals surface area contributed by atoms with E-state index in [0.29, 0.717) is 10.7 Å². The summed E-state index contributed by atoms with van der Waals surface area (Å²) >= 11 is 5.87. The third-order valence-electron chi connectivity index (χ3n) is 3.97. The first-order valence-corrected chi connectivity index (χ1v) is 8.39. The van der Waals surface area contributed by atoms with Gasteiger partial charge in [-0.15, -0.1) is 0 Å². The maximum Gasteiger partial charge on any atom is 0.338 e. The topological polar surface area (TPSA) is 57.0 Å². The number of halogens is 1.